The Morgan fingerprint density at radius 2 is 1.70 bits per heavy atom. The van der Waals surface area contributed by atoms with E-state index in [0.717, 1.165) is 6.07 Å². The van der Waals surface area contributed by atoms with Crippen molar-refractivity contribution in [2.45, 2.75) is 26.9 Å². The fourth-order valence-corrected chi connectivity index (χ4v) is 1.55. The first-order valence-electron chi connectivity index (χ1n) is 6.06. The number of hydrogen-bond acceptors (Lipinski definition) is 2. The molecular weight excluding hydrogens is 267 g/mol. The molecule has 0 saturated heterocycles. The van der Waals surface area contributed by atoms with Gasteiger partial charge >= 0.3 is 6.18 Å². The van der Waals surface area contributed by atoms with Crippen LogP contribution in [-0.2, 0) is 6.18 Å². The van der Waals surface area contributed by atoms with Crippen molar-refractivity contribution in [3.63, 3.8) is 0 Å². The summed E-state index contributed by atoms with van der Waals surface area (Å²) >= 11 is 0. The monoisotopic (exact) mass is 281 g/mol. The third kappa shape index (κ3) is 3.38. The summed E-state index contributed by atoms with van der Waals surface area (Å²) in [6, 6.07) is 9.10. The van der Waals surface area contributed by atoms with Crippen LogP contribution in [0.5, 0.6) is 0 Å². The molecule has 1 aromatic carbocycles. The number of benzene rings is 1. The number of aromatic nitrogens is 2. The molecule has 0 bridgehead atoms. The molecule has 3 nitrogen and oxygen atoms in total. The fraction of sp³-hybridized carbons (Fsp3) is 0.286. The Hall–Kier alpha value is -2.29. The van der Waals surface area contributed by atoms with Crippen molar-refractivity contribution in [1.82, 2.24) is 9.78 Å². The Labute approximate surface area is 115 Å². The molecule has 0 saturated carbocycles. The SMILES string of the molecule is CC.Cc1cc(C(F)(F)F)nn1-c1ccc(C#N)cc1. The molecule has 0 fully saturated rings. The van der Waals surface area contributed by atoms with Gasteiger partial charge in [0.2, 0.25) is 0 Å². The molecule has 0 unspecified atom stereocenters. The molecule has 0 atom stereocenters. The van der Waals surface area contributed by atoms with Gasteiger partial charge in [0.05, 0.1) is 17.3 Å². The number of nitriles is 1. The zero-order valence-corrected chi connectivity index (χ0v) is 11.4. The van der Waals surface area contributed by atoms with Gasteiger partial charge in [0.25, 0.3) is 0 Å². The van der Waals surface area contributed by atoms with Crippen LogP contribution < -0.4 is 0 Å². The van der Waals surface area contributed by atoms with E-state index in [-0.39, 0.29) is 0 Å². The van der Waals surface area contributed by atoms with E-state index >= 15 is 0 Å². The Morgan fingerprint density at radius 3 is 2.10 bits per heavy atom. The highest BCUT2D eigenvalue weighted by Gasteiger charge is 2.34. The molecule has 106 valence electrons. The molecule has 2 aromatic rings. The smallest absolute Gasteiger partial charge is 0.238 e. The van der Waals surface area contributed by atoms with E-state index in [4.69, 9.17) is 5.26 Å². The average Bonchev–Trinajstić information content (AvgIpc) is 2.83. The van der Waals surface area contributed by atoms with Crippen molar-refractivity contribution in [2.75, 3.05) is 0 Å². The first kappa shape index (κ1) is 15.8. The number of halogens is 3. The second-order valence-electron chi connectivity index (χ2n) is 3.74. The highest BCUT2D eigenvalue weighted by Crippen LogP contribution is 2.29. The summed E-state index contributed by atoms with van der Waals surface area (Å²) in [5.41, 5.74) is 0.387. The zero-order valence-electron chi connectivity index (χ0n) is 11.4. The van der Waals surface area contributed by atoms with Gasteiger partial charge in [-0.15, -0.1) is 0 Å². The largest absolute Gasteiger partial charge is 0.435 e. The van der Waals surface area contributed by atoms with Gasteiger partial charge in [-0.05, 0) is 37.3 Å². The molecule has 0 aliphatic rings. The van der Waals surface area contributed by atoms with E-state index in [1.807, 2.05) is 19.9 Å². The van der Waals surface area contributed by atoms with E-state index in [1.165, 1.54) is 16.8 Å². The maximum Gasteiger partial charge on any atom is 0.435 e. The summed E-state index contributed by atoms with van der Waals surface area (Å²) in [6.45, 7) is 5.54. The minimum Gasteiger partial charge on any atom is -0.238 e. The third-order valence-corrected chi connectivity index (χ3v) is 2.42. The number of alkyl halides is 3. The van der Waals surface area contributed by atoms with Crippen LogP contribution >= 0.6 is 0 Å². The maximum absolute atomic E-state index is 12.5. The number of aryl methyl sites for hydroxylation is 1. The first-order chi connectivity index (χ1) is 9.41. The lowest BCUT2D eigenvalue weighted by Crippen LogP contribution is -2.07. The molecule has 0 amide bonds. The van der Waals surface area contributed by atoms with Crippen LogP contribution in [0.25, 0.3) is 5.69 Å². The molecule has 0 radical (unpaired) electrons. The van der Waals surface area contributed by atoms with E-state index in [2.05, 4.69) is 5.10 Å². The van der Waals surface area contributed by atoms with Gasteiger partial charge in [-0.25, -0.2) is 4.68 Å². The second-order valence-corrected chi connectivity index (χ2v) is 3.74. The van der Waals surface area contributed by atoms with Gasteiger partial charge in [-0.2, -0.15) is 23.5 Å². The predicted molar refractivity (Wildman–Crippen MR) is 69.4 cm³/mol. The lowest BCUT2D eigenvalue weighted by Gasteiger charge is -2.04. The summed E-state index contributed by atoms with van der Waals surface area (Å²) in [7, 11) is 0. The summed E-state index contributed by atoms with van der Waals surface area (Å²) in [5, 5.41) is 12.2. The summed E-state index contributed by atoms with van der Waals surface area (Å²) in [5.74, 6) is 0. The van der Waals surface area contributed by atoms with E-state index < -0.39 is 11.9 Å². The zero-order chi connectivity index (χ0) is 15.3. The van der Waals surface area contributed by atoms with Crippen LogP contribution in [0.15, 0.2) is 30.3 Å². The van der Waals surface area contributed by atoms with E-state index in [0.29, 0.717) is 16.9 Å². The number of nitrogens with zero attached hydrogens (tertiary/aromatic N) is 3. The molecule has 0 aliphatic carbocycles. The van der Waals surface area contributed by atoms with Crippen molar-refractivity contribution in [3.8, 4) is 11.8 Å². The molecule has 2 rings (SSSR count). The minimum absolute atomic E-state index is 0.382. The Balaban J connectivity index is 0.000000956. The fourth-order valence-electron chi connectivity index (χ4n) is 1.55. The van der Waals surface area contributed by atoms with Crippen LogP contribution in [0, 0.1) is 18.3 Å². The molecule has 20 heavy (non-hydrogen) atoms. The molecule has 0 N–H and O–H groups in total. The van der Waals surface area contributed by atoms with Crippen molar-refractivity contribution >= 4 is 0 Å². The lowest BCUT2D eigenvalue weighted by atomic mass is 10.2. The van der Waals surface area contributed by atoms with Crippen LogP contribution in [0.2, 0.25) is 0 Å². The van der Waals surface area contributed by atoms with Crippen LogP contribution in [0.4, 0.5) is 13.2 Å². The molecule has 1 heterocycles. The minimum atomic E-state index is -4.46. The van der Waals surface area contributed by atoms with Gasteiger partial charge < -0.3 is 0 Å². The molecule has 1 aromatic heterocycles. The normalized spacial score (nSPS) is 10.4. The molecule has 0 spiro atoms. The van der Waals surface area contributed by atoms with E-state index in [1.54, 1.807) is 19.1 Å². The molecule has 6 heteroatoms. The van der Waals surface area contributed by atoms with Crippen molar-refractivity contribution in [2.24, 2.45) is 0 Å². The van der Waals surface area contributed by atoms with Gasteiger partial charge in [0, 0.05) is 5.69 Å². The van der Waals surface area contributed by atoms with Gasteiger partial charge in [-0.3, -0.25) is 0 Å². The predicted octanol–water partition coefficient (Wildman–Crippen LogP) is 4.10. The summed E-state index contributed by atoms with van der Waals surface area (Å²) < 4.78 is 38.7. The van der Waals surface area contributed by atoms with Crippen LogP contribution in [-0.4, -0.2) is 9.78 Å². The highest BCUT2D eigenvalue weighted by molar-refractivity contribution is 5.40. The average molecular weight is 281 g/mol. The Kier molecular flexibility index (Phi) is 4.92. The first-order valence-corrected chi connectivity index (χ1v) is 6.06. The van der Waals surface area contributed by atoms with Crippen LogP contribution in [0.3, 0.4) is 0 Å². The van der Waals surface area contributed by atoms with Gasteiger partial charge in [0.15, 0.2) is 5.69 Å². The van der Waals surface area contributed by atoms with Crippen molar-refractivity contribution in [3.05, 3.63) is 47.3 Å². The Morgan fingerprint density at radius 1 is 1.15 bits per heavy atom. The van der Waals surface area contributed by atoms with Crippen molar-refractivity contribution in [1.29, 1.82) is 5.26 Å². The van der Waals surface area contributed by atoms with Gasteiger partial charge in [0.1, 0.15) is 0 Å². The maximum atomic E-state index is 12.5. The lowest BCUT2D eigenvalue weighted by molar-refractivity contribution is -0.141. The summed E-state index contributed by atoms with van der Waals surface area (Å²) in [6.07, 6.45) is -4.46. The number of hydrogen-bond donors (Lipinski definition) is 0. The standard InChI is InChI=1S/C12H8F3N3.C2H6/c1-8-6-11(12(13,14)15)17-18(8)10-4-2-9(7-16)3-5-10;1-2/h2-6H,1H3;1-2H3. The number of rotatable bonds is 1. The quantitative estimate of drug-likeness (QED) is 0.789. The molecule has 0 aliphatic heterocycles. The topological polar surface area (TPSA) is 41.6 Å². The van der Waals surface area contributed by atoms with Crippen LogP contribution in [0.1, 0.15) is 30.8 Å². The van der Waals surface area contributed by atoms with E-state index in [9.17, 15) is 13.2 Å². The van der Waals surface area contributed by atoms with Crippen molar-refractivity contribution < 1.29 is 13.2 Å². The van der Waals surface area contributed by atoms with Gasteiger partial charge in [-0.1, -0.05) is 13.8 Å². The summed E-state index contributed by atoms with van der Waals surface area (Å²) in [4.78, 5) is 0. The second kappa shape index (κ2) is 6.24. The Bertz CT molecular complexity index is 604. The third-order valence-electron chi connectivity index (χ3n) is 2.42. The molecular formula is C14H14F3N3. The highest BCUT2D eigenvalue weighted by atomic mass is 19.4.